The van der Waals surface area contributed by atoms with Gasteiger partial charge >= 0.3 is 6.18 Å². The van der Waals surface area contributed by atoms with Crippen LogP contribution in [0.1, 0.15) is 58.0 Å². The van der Waals surface area contributed by atoms with Crippen molar-refractivity contribution in [2.24, 2.45) is 11.8 Å². The summed E-state index contributed by atoms with van der Waals surface area (Å²) in [5, 5.41) is 8.34. The van der Waals surface area contributed by atoms with Gasteiger partial charge in [-0.3, -0.25) is 19.2 Å². The number of alkyl halides is 3. The van der Waals surface area contributed by atoms with Crippen LogP contribution < -0.4 is 15.4 Å². The molecule has 0 spiro atoms. The van der Waals surface area contributed by atoms with E-state index in [9.17, 15) is 32.3 Å². The molecule has 1 fully saturated rings. The molecule has 0 bridgehead atoms. The molecular weight excluding hydrogens is 473 g/mol. The maximum Gasteiger partial charge on any atom is 0.452 e. The van der Waals surface area contributed by atoms with Gasteiger partial charge in [-0.1, -0.05) is 27.7 Å². The molecule has 196 valence electrons. The second-order valence-electron chi connectivity index (χ2n) is 8.94. The van der Waals surface area contributed by atoms with Crippen molar-refractivity contribution in [3.05, 3.63) is 11.8 Å². The first-order valence-electron chi connectivity index (χ1n) is 11.4. The molecule has 2 rings (SSSR count). The van der Waals surface area contributed by atoms with Gasteiger partial charge in [0.15, 0.2) is 0 Å². The number of ether oxygens (including phenoxy) is 1. The van der Waals surface area contributed by atoms with Crippen LogP contribution in [-0.4, -0.2) is 71.0 Å². The first kappa shape index (κ1) is 28.1. The molecule has 0 aliphatic carbocycles. The number of aromatic nitrogens is 1. The van der Waals surface area contributed by atoms with Crippen LogP contribution >= 0.6 is 0 Å². The molecule has 1 aromatic rings. The normalized spacial score (nSPS) is 17.9. The highest BCUT2D eigenvalue weighted by atomic mass is 19.4. The second kappa shape index (κ2) is 11.5. The highest BCUT2D eigenvalue weighted by molar-refractivity contribution is 5.98. The number of Topliss-reactive ketones (excluding diaryl/α,β-unsaturated/α-hetero) is 1. The molecule has 13 heteroatoms. The van der Waals surface area contributed by atoms with E-state index in [-0.39, 0.29) is 30.5 Å². The lowest BCUT2D eigenvalue weighted by Gasteiger charge is -2.31. The number of amides is 3. The van der Waals surface area contributed by atoms with Crippen molar-refractivity contribution in [2.75, 3.05) is 13.2 Å². The molecular formula is C22H31F3N4O6. The Bertz CT molecular complexity index is 931. The van der Waals surface area contributed by atoms with Crippen molar-refractivity contribution in [1.82, 2.24) is 20.7 Å². The molecule has 1 saturated heterocycles. The molecule has 10 nitrogen and oxygen atoms in total. The third kappa shape index (κ3) is 6.95. The van der Waals surface area contributed by atoms with Crippen LogP contribution in [0.25, 0.3) is 0 Å². The van der Waals surface area contributed by atoms with Crippen molar-refractivity contribution >= 4 is 23.5 Å². The number of likely N-dealkylation sites (tertiary alicyclic amines) is 1. The van der Waals surface area contributed by atoms with E-state index in [1.807, 2.05) is 0 Å². The van der Waals surface area contributed by atoms with E-state index in [4.69, 9.17) is 9.26 Å². The smallest absolute Gasteiger partial charge is 0.452 e. The third-order valence-corrected chi connectivity index (χ3v) is 5.59. The Balaban J connectivity index is 2.15. The monoisotopic (exact) mass is 504 g/mol. The van der Waals surface area contributed by atoms with Crippen molar-refractivity contribution in [2.45, 2.75) is 71.8 Å². The largest absolute Gasteiger partial charge is 0.476 e. The number of hydrogen-bond acceptors (Lipinski definition) is 7. The standard InChI is InChI=1S/C22H31F3N4O6/c1-6-34-15-10-14(35-28-15)20(32)27-17(12(4)5)21(33)29-9-7-8-13(29)19(31)26-16(11(2)3)18(30)22(23,24)25/h10-13,16-17H,6-9H2,1-5H3,(H,26,31)(H,27,32)/t13-,16-,17-/m0/s1. The van der Waals surface area contributed by atoms with Crippen molar-refractivity contribution in [3.8, 4) is 5.88 Å². The quantitative estimate of drug-likeness (QED) is 0.499. The first-order chi connectivity index (χ1) is 16.3. The lowest BCUT2D eigenvalue weighted by atomic mass is 9.98. The number of hydrogen-bond donors (Lipinski definition) is 2. The summed E-state index contributed by atoms with van der Waals surface area (Å²) in [4.78, 5) is 51.8. The topological polar surface area (TPSA) is 131 Å². The van der Waals surface area contributed by atoms with Gasteiger partial charge in [0.25, 0.3) is 17.6 Å². The molecule has 1 aliphatic rings. The fourth-order valence-electron chi connectivity index (χ4n) is 3.75. The average molecular weight is 505 g/mol. The minimum atomic E-state index is -5.11. The fourth-order valence-corrected chi connectivity index (χ4v) is 3.75. The molecule has 35 heavy (non-hydrogen) atoms. The Hall–Kier alpha value is -3.12. The maximum absolute atomic E-state index is 13.3. The highest BCUT2D eigenvalue weighted by Crippen LogP contribution is 2.24. The van der Waals surface area contributed by atoms with Crippen LogP contribution in [0.15, 0.2) is 10.6 Å². The van der Waals surface area contributed by atoms with E-state index in [1.54, 1.807) is 20.8 Å². The minimum absolute atomic E-state index is 0.106. The van der Waals surface area contributed by atoms with E-state index >= 15 is 0 Å². The second-order valence-corrected chi connectivity index (χ2v) is 8.94. The van der Waals surface area contributed by atoms with Crippen LogP contribution in [0.5, 0.6) is 5.88 Å². The Morgan fingerprint density at radius 1 is 1.14 bits per heavy atom. The van der Waals surface area contributed by atoms with Gasteiger partial charge in [0, 0.05) is 6.54 Å². The molecule has 1 aromatic heterocycles. The minimum Gasteiger partial charge on any atom is -0.476 e. The van der Waals surface area contributed by atoms with Gasteiger partial charge in [-0.2, -0.15) is 13.2 Å². The number of ketones is 1. The zero-order valence-corrected chi connectivity index (χ0v) is 20.3. The Morgan fingerprint density at radius 2 is 1.77 bits per heavy atom. The van der Waals surface area contributed by atoms with E-state index in [0.717, 1.165) is 0 Å². The number of rotatable bonds is 10. The van der Waals surface area contributed by atoms with Crippen LogP contribution in [-0.2, 0) is 14.4 Å². The number of carbonyl (C=O) groups excluding carboxylic acids is 4. The predicted octanol–water partition coefficient (Wildman–Crippen LogP) is 2.09. The van der Waals surface area contributed by atoms with Gasteiger partial charge in [0.05, 0.1) is 18.7 Å². The summed E-state index contributed by atoms with van der Waals surface area (Å²) in [6, 6.07) is -2.62. The lowest BCUT2D eigenvalue weighted by molar-refractivity contribution is -0.175. The van der Waals surface area contributed by atoms with Crippen LogP contribution in [0.4, 0.5) is 13.2 Å². The summed E-state index contributed by atoms with van der Waals surface area (Å²) in [5.41, 5.74) is 0. The van der Waals surface area contributed by atoms with Crippen LogP contribution in [0, 0.1) is 11.8 Å². The molecule has 1 aliphatic heterocycles. The third-order valence-electron chi connectivity index (χ3n) is 5.59. The summed E-state index contributed by atoms with van der Waals surface area (Å²) in [6.07, 6.45) is -4.47. The fraction of sp³-hybridized carbons (Fsp3) is 0.682. The van der Waals surface area contributed by atoms with Crippen molar-refractivity contribution in [3.63, 3.8) is 0 Å². The zero-order chi connectivity index (χ0) is 26.5. The number of nitrogens with one attached hydrogen (secondary N) is 2. The summed E-state index contributed by atoms with van der Waals surface area (Å²) < 4.78 is 49.0. The number of halogens is 3. The van der Waals surface area contributed by atoms with Gasteiger partial charge in [-0.15, -0.1) is 0 Å². The summed E-state index contributed by atoms with van der Waals surface area (Å²) in [6.45, 7) is 8.37. The summed E-state index contributed by atoms with van der Waals surface area (Å²) in [5.74, 6) is -5.46. The molecule has 2 heterocycles. The van der Waals surface area contributed by atoms with Crippen LogP contribution in [0.2, 0.25) is 0 Å². The molecule has 0 radical (unpaired) electrons. The molecule has 3 atom stereocenters. The SMILES string of the molecule is CCOc1cc(C(=O)N[C@H](C(=O)N2CCC[C@H]2C(=O)N[C@H](C(=O)C(F)(F)F)C(C)C)C(C)C)on1. The maximum atomic E-state index is 13.3. The summed E-state index contributed by atoms with van der Waals surface area (Å²) in [7, 11) is 0. The van der Waals surface area contributed by atoms with Crippen molar-refractivity contribution < 1.29 is 41.6 Å². The molecule has 0 unspecified atom stereocenters. The van der Waals surface area contributed by atoms with E-state index in [2.05, 4.69) is 15.8 Å². The van der Waals surface area contributed by atoms with Gasteiger partial charge in [-0.05, 0) is 36.8 Å². The zero-order valence-electron chi connectivity index (χ0n) is 20.3. The van der Waals surface area contributed by atoms with E-state index < -0.39 is 53.7 Å². The molecule has 0 saturated carbocycles. The molecule has 2 N–H and O–H groups in total. The van der Waals surface area contributed by atoms with Crippen LogP contribution in [0.3, 0.4) is 0 Å². The predicted molar refractivity (Wildman–Crippen MR) is 116 cm³/mol. The van der Waals surface area contributed by atoms with E-state index in [0.29, 0.717) is 13.0 Å². The lowest BCUT2D eigenvalue weighted by Crippen LogP contribution is -2.58. The Labute approximate surface area is 200 Å². The first-order valence-corrected chi connectivity index (χ1v) is 11.4. The number of nitrogens with zero attached hydrogens (tertiary/aromatic N) is 2. The van der Waals surface area contributed by atoms with Gasteiger partial charge in [0.1, 0.15) is 12.1 Å². The molecule has 3 amide bonds. The van der Waals surface area contributed by atoms with Gasteiger partial charge < -0.3 is 24.8 Å². The van der Waals surface area contributed by atoms with Crippen molar-refractivity contribution in [1.29, 1.82) is 0 Å². The highest BCUT2D eigenvalue weighted by Gasteiger charge is 2.46. The molecule has 0 aromatic carbocycles. The Morgan fingerprint density at radius 3 is 2.31 bits per heavy atom. The average Bonchev–Trinajstić information content (AvgIpc) is 3.43. The summed E-state index contributed by atoms with van der Waals surface area (Å²) >= 11 is 0. The Kier molecular flexibility index (Phi) is 9.27. The van der Waals surface area contributed by atoms with Gasteiger partial charge in [0.2, 0.25) is 17.6 Å². The van der Waals surface area contributed by atoms with Gasteiger partial charge in [-0.25, -0.2) is 0 Å². The van der Waals surface area contributed by atoms with E-state index in [1.165, 1.54) is 24.8 Å². The number of carbonyl (C=O) groups is 4.